The van der Waals surface area contributed by atoms with Crippen molar-refractivity contribution >= 4 is 34.3 Å². The van der Waals surface area contributed by atoms with Gasteiger partial charge < -0.3 is 14.5 Å². The van der Waals surface area contributed by atoms with Crippen LogP contribution >= 0.6 is 11.6 Å². The normalized spacial score (nSPS) is 18.5. The molecule has 0 N–H and O–H groups in total. The number of ether oxygens (including phenoxy) is 1. The molecule has 1 amide bonds. The molecule has 1 aliphatic heterocycles. The minimum atomic E-state index is -0.491. The van der Waals surface area contributed by atoms with E-state index in [1.54, 1.807) is 4.90 Å². The zero-order chi connectivity index (χ0) is 18.2. The second-order valence-electron chi connectivity index (χ2n) is 7.33. The molecule has 0 aliphatic carbocycles. The highest BCUT2D eigenvalue weighted by molar-refractivity contribution is 6.34. The van der Waals surface area contributed by atoms with Gasteiger partial charge in [-0.3, -0.25) is 0 Å². The summed E-state index contributed by atoms with van der Waals surface area (Å²) in [5.41, 5.74) is -0.491. The molecule has 25 heavy (non-hydrogen) atoms. The molecule has 0 saturated carbocycles. The van der Waals surface area contributed by atoms with Crippen molar-refractivity contribution in [3.05, 3.63) is 29.4 Å². The van der Waals surface area contributed by atoms with Gasteiger partial charge in [-0.25, -0.2) is 4.79 Å². The number of piperazine rings is 1. The Morgan fingerprint density at radius 3 is 2.52 bits per heavy atom. The van der Waals surface area contributed by atoms with Gasteiger partial charge in [0.15, 0.2) is 11.0 Å². The molecule has 1 aromatic heterocycles. The van der Waals surface area contributed by atoms with Crippen LogP contribution < -0.4 is 4.90 Å². The lowest BCUT2D eigenvalue weighted by Gasteiger charge is -2.40. The van der Waals surface area contributed by atoms with E-state index < -0.39 is 5.60 Å². The lowest BCUT2D eigenvalue weighted by molar-refractivity contribution is 0.0218. The predicted molar refractivity (Wildman–Crippen MR) is 99.2 cm³/mol. The van der Waals surface area contributed by atoms with E-state index in [0.717, 1.165) is 16.6 Å². The zero-order valence-electron chi connectivity index (χ0n) is 15.0. The largest absolute Gasteiger partial charge is 0.444 e. The molecule has 6 nitrogen and oxygen atoms in total. The van der Waals surface area contributed by atoms with E-state index in [1.165, 1.54) is 0 Å². The number of rotatable bonds is 1. The van der Waals surface area contributed by atoms with Crippen LogP contribution in [0.1, 0.15) is 27.7 Å². The molecule has 2 heterocycles. The van der Waals surface area contributed by atoms with Crippen LogP contribution in [0.5, 0.6) is 0 Å². The first-order valence-corrected chi connectivity index (χ1v) is 8.79. The minimum absolute atomic E-state index is 0.0974. The van der Waals surface area contributed by atoms with Crippen LogP contribution in [0, 0.1) is 0 Å². The van der Waals surface area contributed by atoms with Crippen molar-refractivity contribution in [3.63, 3.8) is 0 Å². The maximum absolute atomic E-state index is 12.3. The molecule has 1 atom stereocenters. The average Bonchev–Trinajstić information content (AvgIpc) is 2.54. The Labute approximate surface area is 152 Å². The Hall–Kier alpha value is -2.08. The first kappa shape index (κ1) is 17.7. The maximum Gasteiger partial charge on any atom is 0.410 e. The Morgan fingerprint density at radius 2 is 1.88 bits per heavy atom. The van der Waals surface area contributed by atoms with E-state index in [-0.39, 0.29) is 12.1 Å². The summed E-state index contributed by atoms with van der Waals surface area (Å²) in [5.74, 6) is 0.802. The SMILES string of the molecule is C[C@@H]1CN(C(=O)OC(C)(C)C)CCN1c1nnc(Cl)c2ccccc12. The van der Waals surface area contributed by atoms with Crippen LogP contribution in [-0.2, 0) is 4.74 Å². The van der Waals surface area contributed by atoms with Crippen LogP contribution in [0.25, 0.3) is 10.8 Å². The van der Waals surface area contributed by atoms with Crippen LogP contribution in [0.4, 0.5) is 10.6 Å². The summed E-state index contributed by atoms with van der Waals surface area (Å²) in [4.78, 5) is 16.2. The minimum Gasteiger partial charge on any atom is -0.444 e. The van der Waals surface area contributed by atoms with E-state index in [1.807, 2.05) is 45.0 Å². The molecule has 0 unspecified atom stereocenters. The van der Waals surface area contributed by atoms with Crippen molar-refractivity contribution in [2.45, 2.75) is 39.3 Å². The second kappa shape index (κ2) is 6.67. The molecule has 1 fully saturated rings. The van der Waals surface area contributed by atoms with Crippen molar-refractivity contribution in [2.75, 3.05) is 24.5 Å². The molecule has 134 valence electrons. The number of aromatic nitrogens is 2. The fourth-order valence-corrected chi connectivity index (χ4v) is 3.24. The highest BCUT2D eigenvalue weighted by Gasteiger charge is 2.31. The third kappa shape index (κ3) is 3.79. The Kier molecular flexibility index (Phi) is 4.73. The molecule has 0 radical (unpaired) electrons. The van der Waals surface area contributed by atoms with Crippen LogP contribution in [0.2, 0.25) is 5.15 Å². The van der Waals surface area contributed by atoms with Crippen molar-refractivity contribution < 1.29 is 9.53 Å². The van der Waals surface area contributed by atoms with E-state index in [4.69, 9.17) is 16.3 Å². The van der Waals surface area contributed by atoms with E-state index in [0.29, 0.717) is 24.8 Å². The molecule has 1 aromatic carbocycles. The van der Waals surface area contributed by atoms with E-state index in [9.17, 15) is 4.79 Å². The second-order valence-corrected chi connectivity index (χ2v) is 7.69. The van der Waals surface area contributed by atoms with Gasteiger partial charge in [-0.2, -0.15) is 0 Å². The van der Waals surface area contributed by atoms with Gasteiger partial charge in [0, 0.05) is 36.4 Å². The standard InChI is InChI=1S/C18H23ClN4O2/c1-12-11-22(17(24)25-18(2,3)4)9-10-23(12)16-14-8-6-5-7-13(14)15(19)20-21-16/h5-8,12H,9-11H2,1-4H3/t12-/m1/s1. The van der Waals surface area contributed by atoms with Crippen molar-refractivity contribution in [1.29, 1.82) is 0 Å². The van der Waals surface area contributed by atoms with Gasteiger partial charge in [0.05, 0.1) is 0 Å². The molecule has 3 rings (SSSR count). The summed E-state index contributed by atoms with van der Waals surface area (Å²) in [6, 6.07) is 7.94. The molecular formula is C18H23ClN4O2. The number of hydrogen-bond donors (Lipinski definition) is 0. The van der Waals surface area contributed by atoms with Gasteiger partial charge in [-0.15, -0.1) is 10.2 Å². The molecule has 0 spiro atoms. The number of fused-ring (bicyclic) bond motifs is 1. The highest BCUT2D eigenvalue weighted by Crippen LogP contribution is 2.30. The Balaban J connectivity index is 1.81. The van der Waals surface area contributed by atoms with Gasteiger partial charge in [0.25, 0.3) is 0 Å². The summed E-state index contributed by atoms with van der Waals surface area (Å²) < 4.78 is 5.48. The zero-order valence-corrected chi connectivity index (χ0v) is 15.7. The third-order valence-corrected chi connectivity index (χ3v) is 4.45. The third-order valence-electron chi connectivity index (χ3n) is 4.17. The predicted octanol–water partition coefficient (Wildman–Crippen LogP) is 3.73. The summed E-state index contributed by atoms with van der Waals surface area (Å²) in [7, 11) is 0. The molecule has 7 heteroatoms. The van der Waals surface area contributed by atoms with E-state index in [2.05, 4.69) is 22.0 Å². The topological polar surface area (TPSA) is 58.6 Å². The van der Waals surface area contributed by atoms with Gasteiger partial charge in [-0.05, 0) is 27.7 Å². The highest BCUT2D eigenvalue weighted by atomic mass is 35.5. The van der Waals surface area contributed by atoms with Crippen molar-refractivity contribution in [2.24, 2.45) is 0 Å². The van der Waals surface area contributed by atoms with Gasteiger partial charge in [0.2, 0.25) is 0 Å². The Morgan fingerprint density at radius 1 is 1.20 bits per heavy atom. The lowest BCUT2D eigenvalue weighted by atomic mass is 10.1. The Bertz CT molecular complexity index is 790. The average molecular weight is 363 g/mol. The summed E-state index contributed by atoms with van der Waals surface area (Å²) >= 11 is 6.17. The first-order valence-electron chi connectivity index (χ1n) is 8.42. The quantitative estimate of drug-likeness (QED) is 0.773. The fraction of sp³-hybridized carbons (Fsp3) is 0.500. The van der Waals surface area contributed by atoms with Crippen molar-refractivity contribution in [1.82, 2.24) is 15.1 Å². The molecule has 0 bridgehead atoms. The number of halogens is 1. The van der Waals surface area contributed by atoms with Crippen LogP contribution in [0.15, 0.2) is 24.3 Å². The van der Waals surface area contributed by atoms with Gasteiger partial charge in [-0.1, -0.05) is 35.9 Å². The smallest absolute Gasteiger partial charge is 0.410 e. The number of amides is 1. The number of hydrogen-bond acceptors (Lipinski definition) is 5. The van der Waals surface area contributed by atoms with Crippen molar-refractivity contribution in [3.8, 4) is 0 Å². The van der Waals surface area contributed by atoms with Crippen LogP contribution in [-0.4, -0.2) is 52.5 Å². The van der Waals surface area contributed by atoms with Gasteiger partial charge >= 0.3 is 6.09 Å². The number of anilines is 1. The first-order chi connectivity index (χ1) is 11.8. The summed E-state index contributed by atoms with van der Waals surface area (Å²) in [6.45, 7) is 9.52. The number of nitrogens with zero attached hydrogens (tertiary/aromatic N) is 4. The lowest BCUT2D eigenvalue weighted by Crippen LogP contribution is -2.55. The molecule has 2 aromatic rings. The molecule has 1 saturated heterocycles. The summed E-state index contributed by atoms with van der Waals surface area (Å²) in [5, 5.41) is 10.7. The fourth-order valence-electron chi connectivity index (χ4n) is 3.03. The number of carbonyl (C=O) groups excluding carboxylic acids is 1. The molecular weight excluding hydrogens is 340 g/mol. The monoisotopic (exact) mass is 362 g/mol. The number of carbonyl (C=O) groups is 1. The molecule has 1 aliphatic rings. The summed E-state index contributed by atoms with van der Waals surface area (Å²) in [6.07, 6.45) is -0.272. The number of benzene rings is 1. The van der Waals surface area contributed by atoms with Gasteiger partial charge in [0.1, 0.15) is 5.60 Å². The van der Waals surface area contributed by atoms with E-state index >= 15 is 0 Å². The maximum atomic E-state index is 12.3. The van der Waals surface area contributed by atoms with Crippen LogP contribution in [0.3, 0.4) is 0 Å².